The van der Waals surface area contributed by atoms with Crippen molar-refractivity contribution in [2.45, 2.75) is 17.9 Å². The molecule has 1 aliphatic rings. The maximum Gasteiger partial charge on any atom is 0.254 e. The number of hydrogen-bond acceptors (Lipinski definition) is 5. The third-order valence-corrected chi connectivity index (χ3v) is 7.39. The number of carbonyl (C=O) groups excluding carboxylic acids is 1. The summed E-state index contributed by atoms with van der Waals surface area (Å²) in [6.07, 6.45) is 1.75. The maximum atomic E-state index is 14.9. The topological polar surface area (TPSA) is 48.5 Å². The van der Waals surface area contributed by atoms with Crippen LogP contribution in [0, 0.1) is 5.82 Å². The van der Waals surface area contributed by atoms with E-state index in [1.165, 1.54) is 23.6 Å². The van der Waals surface area contributed by atoms with E-state index in [-0.39, 0.29) is 5.91 Å². The van der Waals surface area contributed by atoms with Crippen molar-refractivity contribution >= 4 is 34.4 Å². The number of rotatable bonds is 6. The molecule has 0 bridgehead atoms. The van der Waals surface area contributed by atoms with Crippen LogP contribution in [0.2, 0.25) is 0 Å². The Bertz CT molecular complexity index is 1320. The third kappa shape index (κ3) is 5.16. The molecule has 1 aliphatic heterocycles. The van der Waals surface area contributed by atoms with E-state index in [4.69, 9.17) is 0 Å². The normalized spacial score (nSPS) is 15.2. The van der Waals surface area contributed by atoms with E-state index < -0.39 is 5.82 Å². The standard InChI is InChI=1S/C28H27FN4OS/c1-20(21-7-3-2-4-8-21)32-15-17-33(18-16-32)28(34)23-12-13-25(24(29)19-23)31-35-26-11-5-9-22-10-6-14-30-27(22)26/h2-14,19-20,31H,15-18H2,1H3. The third-order valence-electron chi connectivity index (χ3n) is 6.51. The van der Waals surface area contributed by atoms with Gasteiger partial charge in [0.05, 0.1) is 16.1 Å². The molecule has 1 amide bonds. The van der Waals surface area contributed by atoms with Crippen LogP contribution in [0.15, 0.2) is 90.0 Å². The van der Waals surface area contributed by atoms with Crippen LogP contribution in [0.25, 0.3) is 10.9 Å². The number of hydrogen-bond donors (Lipinski definition) is 1. The lowest BCUT2D eigenvalue weighted by Gasteiger charge is -2.38. The van der Waals surface area contributed by atoms with Gasteiger partial charge >= 0.3 is 0 Å². The predicted molar refractivity (Wildman–Crippen MR) is 140 cm³/mol. The van der Waals surface area contributed by atoms with Crippen LogP contribution in [0.4, 0.5) is 10.1 Å². The lowest BCUT2D eigenvalue weighted by atomic mass is 10.1. The van der Waals surface area contributed by atoms with Gasteiger partial charge in [0.2, 0.25) is 0 Å². The van der Waals surface area contributed by atoms with Gasteiger partial charge < -0.3 is 9.62 Å². The van der Waals surface area contributed by atoms with Crippen LogP contribution in [-0.4, -0.2) is 46.9 Å². The van der Waals surface area contributed by atoms with E-state index >= 15 is 0 Å². The molecule has 5 rings (SSSR count). The molecule has 7 heteroatoms. The van der Waals surface area contributed by atoms with Crippen molar-refractivity contribution < 1.29 is 9.18 Å². The number of nitrogens with one attached hydrogen (secondary N) is 1. The van der Waals surface area contributed by atoms with E-state index in [0.717, 1.165) is 28.9 Å². The molecule has 1 atom stereocenters. The number of para-hydroxylation sites is 1. The van der Waals surface area contributed by atoms with E-state index in [2.05, 4.69) is 45.8 Å². The van der Waals surface area contributed by atoms with Crippen LogP contribution >= 0.6 is 11.9 Å². The molecule has 2 heterocycles. The molecule has 1 aromatic heterocycles. The highest BCUT2D eigenvalue weighted by molar-refractivity contribution is 8.00. The molecule has 5 nitrogen and oxygen atoms in total. The summed E-state index contributed by atoms with van der Waals surface area (Å²) in [5, 5.41) is 1.03. The molecule has 35 heavy (non-hydrogen) atoms. The Morgan fingerprint density at radius 2 is 1.74 bits per heavy atom. The number of piperazine rings is 1. The van der Waals surface area contributed by atoms with Gasteiger partial charge in [-0.05, 0) is 54.8 Å². The second kappa shape index (κ2) is 10.5. The zero-order valence-corrected chi connectivity index (χ0v) is 20.3. The molecule has 3 aromatic carbocycles. The SMILES string of the molecule is CC(c1ccccc1)N1CCN(C(=O)c2ccc(NSc3cccc4cccnc34)c(F)c2)CC1. The van der Waals surface area contributed by atoms with Crippen molar-refractivity contribution in [2.75, 3.05) is 30.9 Å². The Balaban J connectivity index is 1.20. The minimum Gasteiger partial charge on any atom is -0.336 e. The minimum atomic E-state index is -0.451. The number of anilines is 1. The first-order valence-electron chi connectivity index (χ1n) is 11.7. The summed E-state index contributed by atoms with van der Waals surface area (Å²) in [6, 6.07) is 25.1. The number of pyridine rings is 1. The molecule has 0 saturated carbocycles. The smallest absolute Gasteiger partial charge is 0.254 e. The van der Waals surface area contributed by atoms with Crippen molar-refractivity contribution in [1.29, 1.82) is 0 Å². The number of benzene rings is 3. The highest BCUT2D eigenvalue weighted by atomic mass is 32.2. The highest BCUT2D eigenvalue weighted by Gasteiger charge is 2.25. The molecule has 1 unspecified atom stereocenters. The number of carbonyl (C=O) groups is 1. The first kappa shape index (κ1) is 23.3. The van der Waals surface area contributed by atoms with E-state index in [1.54, 1.807) is 18.3 Å². The van der Waals surface area contributed by atoms with Gasteiger partial charge in [-0.3, -0.25) is 14.7 Å². The lowest BCUT2D eigenvalue weighted by Crippen LogP contribution is -2.49. The largest absolute Gasteiger partial charge is 0.336 e. The molecule has 0 aliphatic carbocycles. The zero-order chi connectivity index (χ0) is 24.2. The summed E-state index contributed by atoms with van der Waals surface area (Å²) in [6.45, 7) is 5.03. The molecule has 0 radical (unpaired) electrons. The average molecular weight is 487 g/mol. The van der Waals surface area contributed by atoms with Crippen LogP contribution in [0.3, 0.4) is 0 Å². The van der Waals surface area contributed by atoms with Gasteiger partial charge in [0, 0.05) is 49.4 Å². The summed E-state index contributed by atoms with van der Waals surface area (Å²) in [5.41, 5.74) is 2.84. The summed E-state index contributed by atoms with van der Waals surface area (Å²) in [4.78, 5) is 22.6. The summed E-state index contributed by atoms with van der Waals surface area (Å²) < 4.78 is 18.0. The number of nitrogens with zero attached hydrogens (tertiary/aromatic N) is 3. The second-order valence-corrected chi connectivity index (χ2v) is 9.49. The number of fused-ring (bicyclic) bond motifs is 1. The van der Waals surface area contributed by atoms with Crippen molar-refractivity contribution in [3.05, 3.63) is 102 Å². The van der Waals surface area contributed by atoms with Crippen molar-refractivity contribution in [1.82, 2.24) is 14.8 Å². The van der Waals surface area contributed by atoms with E-state index in [0.29, 0.717) is 30.4 Å². The number of amides is 1. The molecular weight excluding hydrogens is 459 g/mol. The fourth-order valence-corrected chi connectivity index (χ4v) is 5.24. The monoisotopic (exact) mass is 486 g/mol. The van der Waals surface area contributed by atoms with Gasteiger partial charge in [0.25, 0.3) is 5.91 Å². The fraction of sp³-hybridized carbons (Fsp3) is 0.214. The molecule has 1 N–H and O–H groups in total. The quantitative estimate of drug-likeness (QED) is 0.338. The molecule has 0 spiro atoms. The summed E-state index contributed by atoms with van der Waals surface area (Å²) in [5.74, 6) is -0.582. The zero-order valence-electron chi connectivity index (χ0n) is 19.5. The van der Waals surface area contributed by atoms with Crippen LogP contribution in [-0.2, 0) is 0 Å². The van der Waals surface area contributed by atoms with Gasteiger partial charge in [-0.2, -0.15) is 0 Å². The predicted octanol–water partition coefficient (Wildman–Crippen LogP) is 6.01. The Morgan fingerprint density at radius 3 is 2.51 bits per heavy atom. The van der Waals surface area contributed by atoms with Gasteiger partial charge in [-0.25, -0.2) is 4.39 Å². The van der Waals surface area contributed by atoms with Crippen LogP contribution in [0.1, 0.15) is 28.9 Å². The van der Waals surface area contributed by atoms with Crippen LogP contribution < -0.4 is 4.72 Å². The second-order valence-electron chi connectivity index (χ2n) is 8.64. The van der Waals surface area contributed by atoms with Gasteiger partial charge in [-0.15, -0.1) is 0 Å². The molecule has 1 fully saturated rings. The molecule has 178 valence electrons. The summed E-state index contributed by atoms with van der Waals surface area (Å²) in [7, 11) is 0. The fourth-order valence-electron chi connectivity index (χ4n) is 4.44. The minimum absolute atomic E-state index is 0.131. The average Bonchev–Trinajstić information content (AvgIpc) is 2.92. The van der Waals surface area contributed by atoms with Gasteiger partial charge in [0.1, 0.15) is 5.82 Å². The highest BCUT2D eigenvalue weighted by Crippen LogP contribution is 2.29. The first-order valence-corrected chi connectivity index (χ1v) is 12.6. The number of halogens is 1. The first-order chi connectivity index (χ1) is 17.1. The Hall–Kier alpha value is -3.42. The maximum absolute atomic E-state index is 14.9. The van der Waals surface area contributed by atoms with Gasteiger partial charge in [-0.1, -0.05) is 48.5 Å². The Morgan fingerprint density at radius 1 is 0.971 bits per heavy atom. The molecule has 1 saturated heterocycles. The molecule has 4 aromatic rings. The van der Waals surface area contributed by atoms with Crippen molar-refractivity contribution in [3.8, 4) is 0 Å². The van der Waals surface area contributed by atoms with Crippen LogP contribution in [0.5, 0.6) is 0 Å². The molecular formula is C28H27FN4OS. The Labute approximate surface area is 209 Å². The van der Waals surface area contributed by atoms with E-state index in [9.17, 15) is 9.18 Å². The number of aromatic nitrogens is 1. The lowest BCUT2D eigenvalue weighted by molar-refractivity contribution is 0.0581. The van der Waals surface area contributed by atoms with Crippen molar-refractivity contribution in [3.63, 3.8) is 0 Å². The van der Waals surface area contributed by atoms with E-state index in [1.807, 2.05) is 41.3 Å². The van der Waals surface area contributed by atoms with Gasteiger partial charge in [0.15, 0.2) is 0 Å². The van der Waals surface area contributed by atoms with Crippen molar-refractivity contribution in [2.24, 2.45) is 0 Å². The summed E-state index contributed by atoms with van der Waals surface area (Å²) >= 11 is 1.31. The Kier molecular flexibility index (Phi) is 6.97.